The third-order valence-electron chi connectivity index (χ3n) is 7.64. The van der Waals surface area contributed by atoms with Gasteiger partial charge in [0.25, 0.3) is 0 Å². The van der Waals surface area contributed by atoms with Gasteiger partial charge in [-0.15, -0.1) is 0 Å². The lowest BCUT2D eigenvalue weighted by molar-refractivity contribution is -0.138. The van der Waals surface area contributed by atoms with Crippen LogP contribution in [0.1, 0.15) is 155 Å². The van der Waals surface area contributed by atoms with Crippen LogP contribution in [0.15, 0.2) is 0 Å². The van der Waals surface area contributed by atoms with Crippen LogP contribution < -0.4 is 16.8 Å². The van der Waals surface area contributed by atoms with Crippen LogP contribution in [0, 0.1) is 0 Å². The van der Waals surface area contributed by atoms with Crippen molar-refractivity contribution in [2.45, 2.75) is 161 Å². The Labute approximate surface area is 248 Å². The molecule has 0 saturated heterocycles. The summed E-state index contributed by atoms with van der Waals surface area (Å²) in [6.45, 7) is 7.56. The van der Waals surface area contributed by atoms with Crippen molar-refractivity contribution in [3.63, 3.8) is 0 Å². The molecule has 0 aromatic rings. The molecule has 238 valence electrons. The van der Waals surface area contributed by atoms with Crippen LogP contribution >= 0.6 is 0 Å². The van der Waals surface area contributed by atoms with E-state index in [1.165, 1.54) is 96.3 Å². The second-order valence-electron chi connectivity index (χ2n) is 11.6. The van der Waals surface area contributed by atoms with Crippen molar-refractivity contribution in [3.05, 3.63) is 0 Å². The number of nitrogens with one attached hydrogen (secondary N) is 1. The van der Waals surface area contributed by atoms with Crippen molar-refractivity contribution in [2.75, 3.05) is 39.4 Å². The Morgan fingerprint density at radius 3 is 1.50 bits per heavy atom. The molecule has 7 heteroatoms. The maximum Gasteiger partial charge on any atom is 0.247 e. The summed E-state index contributed by atoms with van der Waals surface area (Å²) in [6.07, 6.45) is 25.6. The highest BCUT2D eigenvalue weighted by molar-refractivity contribution is 5.87. The van der Waals surface area contributed by atoms with Crippen molar-refractivity contribution >= 4 is 11.8 Å². The van der Waals surface area contributed by atoms with E-state index in [0.29, 0.717) is 39.2 Å². The molecule has 0 unspecified atom stereocenters. The van der Waals surface area contributed by atoms with Crippen molar-refractivity contribution in [3.8, 4) is 0 Å². The second kappa shape index (κ2) is 30.8. The van der Waals surface area contributed by atoms with Gasteiger partial charge in [0.1, 0.15) is 6.04 Å². The zero-order valence-corrected chi connectivity index (χ0v) is 26.7. The molecule has 0 radical (unpaired) electrons. The molecule has 40 heavy (non-hydrogen) atoms. The fraction of sp³-hybridized carbons (Fsp3) is 0.939. The van der Waals surface area contributed by atoms with Gasteiger partial charge in [0.15, 0.2) is 0 Å². The Morgan fingerprint density at radius 1 is 0.625 bits per heavy atom. The molecule has 7 nitrogen and oxygen atoms in total. The lowest BCUT2D eigenvalue weighted by Gasteiger charge is -2.28. The molecule has 0 bridgehead atoms. The van der Waals surface area contributed by atoms with E-state index in [-0.39, 0.29) is 18.4 Å². The van der Waals surface area contributed by atoms with Crippen LogP contribution in [0.3, 0.4) is 0 Å². The summed E-state index contributed by atoms with van der Waals surface area (Å²) in [7, 11) is 0. The fourth-order valence-corrected chi connectivity index (χ4v) is 5.05. The van der Waals surface area contributed by atoms with Gasteiger partial charge in [-0.1, -0.05) is 123 Å². The van der Waals surface area contributed by atoms with Gasteiger partial charge in [-0.2, -0.15) is 0 Å². The van der Waals surface area contributed by atoms with Crippen LogP contribution in [-0.4, -0.2) is 62.1 Å². The second-order valence-corrected chi connectivity index (χ2v) is 11.6. The number of ether oxygens (including phenoxy) is 1. The molecule has 0 saturated carbocycles. The summed E-state index contributed by atoms with van der Waals surface area (Å²) in [4.78, 5) is 28.0. The number of nitrogens with two attached hydrogens (primary N) is 2. The molecule has 1 atom stereocenters. The van der Waals surface area contributed by atoms with Crippen LogP contribution in [0.5, 0.6) is 0 Å². The summed E-state index contributed by atoms with van der Waals surface area (Å²) >= 11 is 0. The molecule has 0 aromatic heterocycles. The van der Waals surface area contributed by atoms with E-state index >= 15 is 0 Å². The van der Waals surface area contributed by atoms with Gasteiger partial charge >= 0.3 is 0 Å². The topological polar surface area (TPSA) is 111 Å². The minimum absolute atomic E-state index is 0.0542. The maximum atomic E-state index is 13.4. The molecule has 0 heterocycles. The molecular weight excluding hydrogens is 500 g/mol. The molecule has 5 N–H and O–H groups in total. The molecule has 0 fully saturated rings. The lowest BCUT2D eigenvalue weighted by Crippen LogP contribution is -2.51. The third kappa shape index (κ3) is 24.6. The first kappa shape index (κ1) is 38.8. The first-order valence-electron chi connectivity index (χ1n) is 17.2. The highest BCUT2D eigenvalue weighted by Gasteiger charge is 2.25. The maximum absolute atomic E-state index is 13.4. The number of hydrogen-bond donors (Lipinski definition) is 3. The van der Waals surface area contributed by atoms with Crippen molar-refractivity contribution in [1.82, 2.24) is 10.2 Å². The molecule has 0 aliphatic rings. The summed E-state index contributed by atoms with van der Waals surface area (Å²) in [5.41, 5.74) is 11.4. The zero-order chi connectivity index (χ0) is 29.5. The first-order valence-corrected chi connectivity index (χ1v) is 17.2. The quantitative estimate of drug-likeness (QED) is 0.0792. The van der Waals surface area contributed by atoms with Gasteiger partial charge in [-0.05, 0) is 38.8 Å². The van der Waals surface area contributed by atoms with Gasteiger partial charge in [-0.25, -0.2) is 0 Å². The Morgan fingerprint density at radius 2 is 1.05 bits per heavy atom. The van der Waals surface area contributed by atoms with Crippen LogP contribution in [0.2, 0.25) is 0 Å². The number of hydrogen-bond acceptors (Lipinski definition) is 5. The normalized spacial score (nSPS) is 12.0. The average Bonchev–Trinajstić information content (AvgIpc) is 2.96. The number of nitrogens with zero attached hydrogens (tertiary/aromatic N) is 1. The van der Waals surface area contributed by atoms with Crippen LogP contribution in [0.4, 0.5) is 0 Å². The number of amides is 2. The minimum atomic E-state index is -0.648. The summed E-state index contributed by atoms with van der Waals surface area (Å²) in [6, 6.07) is -0.648. The van der Waals surface area contributed by atoms with E-state index in [0.717, 1.165) is 38.5 Å². The minimum Gasteiger partial charge on any atom is -0.379 e. The van der Waals surface area contributed by atoms with E-state index in [1.54, 1.807) is 4.90 Å². The SMILES string of the molecule is CCCCCCCCCCCCOC[C@@H](NC(=O)CCCCCCCCCCC)C(=O)N(CCCN)CCCN. The van der Waals surface area contributed by atoms with Gasteiger partial charge < -0.3 is 26.4 Å². The fourth-order valence-electron chi connectivity index (χ4n) is 5.05. The standard InChI is InChI=1S/C33H68N4O3/c1-3-5-7-9-11-13-15-17-19-21-29-40-30-31(33(39)37(27-22-25-34)28-23-26-35)36-32(38)24-20-18-16-14-12-10-8-6-4-2/h31H,3-30,34-35H2,1-2H3,(H,36,38)/t31-/m1/s1. The van der Waals surface area contributed by atoms with E-state index in [4.69, 9.17) is 16.2 Å². The number of carbonyl (C=O) groups excluding carboxylic acids is 2. The highest BCUT2D eigenvalue weighted by Crippen LogP contribution is 2.12. The molecule has 0 aliphatic heterocycles. The van der Waals surface area contributed by atoms with E-state index in [1.807, 2.05) is 0 Å². The number of rotatable bonds is 31. The van der Waals surface area contributed by atoms with E-state index in [2.05, 4.69) is 19.2 Å². The number of unbranched alkanes of at least 4 members (excludes halogenated alkanes) is 17. The van der Waals surface area contributed by atoms with Crippen molar-refractivity contribution in [1.29, 1.82) is 0 Å². The van der Waals surface area contributed by atoms with Crippen LogP contribution in [-0.2, 0) is 14.3 Å². The largest absolute Gasteiger partial charge is 0.379 e. The summed E-state index contributed by atoms with van der Waals surface area (Å²) in [5.74, 6) is -0.133. The molecule has 0 spiro atoms. The van der Waals surface area contributed by atoms with E-state index < -0.39 is 6.04 Å². The predicted octanol–water partition coefficient (Wildman–Crippen LogP) is 6.86. The number of carbonyl (C=O) groups is 2. The lowest BCUT2D eigenvalue weighted by atomic mass is 10.1. The summed E-state index contributed by atoms with van der Waals surface area (Å²) < 4.78 is 5.94. The molecular formula is C33H68N4O3. The Hall–Kier alpha value is -1.18. The van der Waals surface area contributed by atoms with E-state index in [9.17, 15) is 9.59 Å². The highest BCUT2D eigenvalue weighted by atomic mass is 16.5. The average molecular weight is 569 g/mol. The first-order chi connectivity index (χ1) is 19.6. The Balaban J connectivity index is 4.48. The molecule has 0 aromatic carbocycles. The smallest absolute Gasteiger partial charge is 0.247 e. The Bertz CT molecular complexity index is 554. The van der Waals surface area contributed by atoms with Gasteiger partial charge in [0.2, 0.25) is 11.8 Å². The van der Waals surface area contributed by atoms with Crippen LogP contribution in [0.25, 0.3) is 0 Å². The zero-order valence-electron chi connectivity index (χ0n) is 26.7. The monoisotopic (exact) mass is 569 g/mol. The van der Waals surface area contributed by atoms with Gasteiger partial charge in [-0.3, -0.25) is 9.59 Å². The van der Waals surface area contributed by atoms with Crippen molar-refractivity contribution < 1.29 is 14.3 Å². The molecule has 2 amide bonds. The Kier molecular flexibility index (Phi) is 29.9. The van der Waals surface area contributed by atoms with Crippen molar-refractivity contribution in [2.24, 2.45) is 11.5 Å². The summed E-state index contributed by atoms with van der Waals surface area (Å²) in [5, 5.41) is 3.00. The molecule has 0 rings (SSSR count). The molecule has 0 aliphatic carbocycles. The predicted molar refractivity (Wildman–Crippen MR) is 170 cm³/mol. The van der Waals surface area contributed by atoms with Gasteiger partial charge in [0.05, 0.1) is 6.61 Å². The van der Waals surface area contributed by atoms with Gasteiger partial charge in [0, 0.05) is 26.1 Å². The third-order valence-corrected chi connectivity index (χ3v) is 7.64.